The Hall–Kier alpha value is -3.15. The number of hydrogen-bond donors (Lipinski definition) is 2. The third kappa shape index (κ3) is 4.23. The van der Waals surface area contributed by atoms with Crippen molar-refractivity contribution in [3.8, 4) is 11.5 Å². The lowest BCUT2D eigenvalue weighted by Gasteiger charge is -2.11. The molecular formula is C19H20N4O2. The molecule has 6 nitrogen and oxygen atoms in total. The average molecular weight is 336 g/mol. The second-order valence-electron chi connectivity index (χ2n) is 5.81. The maximum absolute atomic E-state index is 12.2. The van der Waals surface area contributed by atoms with Crippen LogP contribution in [0.2, 0.25) is 0 Å². The smallest absolute Gasteiger partial charge is 0.247 e. The van der Waals surface area contributed by atoms with Crippen LogP contribution in [-0.4, -0.2) is 22.6 Å². The van der Waals surface area contributed by atoms with Gasteiger partial charge in [0.15, 0.2) is 0 Å². The topological polar surface area (TPSA) is 80.0 Å². The van der Waals surface area contributed by atoms with Crippen molar-refractivity contribution in [1.29, 1.82) is 0 Å². The summed E-state index contributed by atoms with van der Waals surface area (Å²) < 4.78 is 5.20. The summed E-state index contributed by atoms with van der Waals surface area (Å²) in [6.07, 6.45) is 1.66. The van der Waals surface area contributed by atoms with E-state index in [1.165, 1.54) is 6.39 Å². The maximum Gasteiger partial charge on any atom is 0.247 e. The Morgan fingerprint density at radius 1 is 1.08 bits per heavy atom. The summed E-state index contributed by atoms with van der Waals surface area (Å²) in [4.78, 5) is 12.2. The fourth-order valence-corrected chi connectivity index (χ4v) is 2.48. The highest BCUT2D eigenvalue weighted by Crippen LogP contribution is 2.24. The number of benzene rings is 2. The third-order valence-electron chi connectivity index (χ3n) is 3.93. The van der Waals surface area contributed by atoms with Crippen molar-refractivity contribution in [3.63, 3.8) is 0 Å². The minimum Gasteiger partial charge on any atom is -0.423 e. The molecule has 1 amide bonds. The molecule has 0 radical (unpaired) electrons. The van der Waals surface area contributed by atoms with Crippen LogP contribution in [0.3, 0.4) is 0 Å². The van der Waals surface area contributed by atoms with Crippen LogP contribution in [0.1, 0.15) is 17.5 Å². The lowest BCUT2D eigenvalue weighted by molar-refractivity contribution is -0.115. The number of anilines is 2. The van der Waals surface area contributed by atoms with Gasteiger partial charge in [-0.2, -0.15) is 0 Å². The van der Waals surface area contributed by atoms with Gasteiger partial charge in [-0.3, -0.25) is 4.79 Å². The quantitative estimate of drug-likeness (QED) is 0.716. The van der Waals surface area contributed by atoms with Gasteiger partial charge in [0.1, 0.15) is 0 Å². The molecule has 0 spiro atoms. The lowest BCUT2D eigenvalue weighted by Crippen LogP contribution is -2.17. The number of para-hydroxylation sites is 1. The van der Waals surface area contributed by atoms with Crippen molar-refractivity contribution < 1.29 is 9.21 Å². The number of amides is 1. The summed E-state index contributed by atoms with van der Waals surface area (Å²) in [6.45, 7) is 4.55. The van der Waals surface area contributed by atoms with Crippen LogP contribution in [0.25, 0.3) is 11.5 Å². The zero-order valence-corrected chi connectivity index (χ0v) is 14.2. The number of nitrogens with zero attached hydrogens (tertiary/aromatic N) is 2. The molecule has 0 saturated heterocycles. The van der Waals surface area contributed by atoms with E-state index in [1.807, 2.05) is 56.3 Å². The van der Waals surface area contributed by atoms with Crippen LogP contribution in [0.5, 0.6) is 0 Å². The zero-order valence-electron chi connectivity index (χ0n) is 14.2. The van der Waals surface area contributed by atoms with E-state index in [0.717, 1.165) is 28.1 Å². The van der Waals surface area contributed by atoms with E-state index >= 15 is 0 Å². The Morgan fingerprint density at radius 3 is 2.64 bits per heavy atom. The van der Waals surface area contributed by atoms with Crippen molar-refractivity contribution in [1.82, 2.24) is 10.2 Å². The first-order valence-corrected chi connectivity index (χ1v) is 8.10. The van der Waals surface area contributed by atoms with Gasteiger partial charge in [0.05, 0.1) is 0 Å². The SMILES string of the molecule is Cc1ccccc1NCCC(=O)Nc1cc(-c2nnco2)ccc1C. The largest absolute Gasteiger partial charge is 0.423 e. The molecule has 0 aliphatic carbocycles. The van der Waals surface area contributed by atoms with Crippen LogP contribution < -0.4 is 10.6 Å². The monoisotopic (exact) mass is 336 g/mol. The standard InChI is InChI=1S/C19H20N4O2/c1-13-5-3-4-6-16(13)20-10-9-18(24)22-17-11-15(8-7-14(17)2)19-23-21-12-25-19/h3-8,11-12,20H,9-10H2,1-2H3,(H,22,24). The molecule has 0 saturated carbocycles. The van der Waals surface area contributed by atoms with Crippen LogP contribution >= 0.6 is 0 Å². The van der Waals surface area contributed by atoms with Crippen molar-refractivity contribution >= 4 is 17.3 Å². The van der Waals surface area contributed by atoms with Gasteiger partial charge >= 0.3 is 0 Å². The lowest BCUT2D eigenvalue weighted by atomic mass is 10.1. The van der Waals surface area contributed by atoms with Crippen LogP contribution in [0.4, 0.5) is 11.4 Å². The predicted molar refractivity (Wildman–Crippen MR) is 97.4 cm³/mol. The molecule has 25 heavy (non-hydrogen) atoms. The van der Waals surface area contributed by atoms with E-state index in [9.17, 15) is 4.79 Å². The van der Waals surface area contributed by atoms with Gasteiger partial charge in [-0.05, 0) is 43.2 Å². The molecule has 0 fully saturated rings. The Labute approximate surface area is 146 Å². The van der Waals surface area contributed by atoms with E-state index in [0.29, 0.717) is 18.9 Å². The molecule has 3 rings (SSSR count). The van der Waals surface area contributed by atoms with Gasteiger partial charge in [-0.15, -0.1) is 10.2 Å². The molecular weight excluding hydrogens is 316 g/mol. The molecule has 0 bridgehead atoms. The fraction of sp³-hybridized carbons (Fsp3) is 0.211. The minimum atomic E-state index is -0.0492. The summed E-state index contributed by atoms with van der Waals surface area (Å²) in [6, 6.07) is 13.7. The molecule has 0 aliphatic rings. The van der Waals surface area contributed by atoms with E-state index in [-0.39, 0.29) is 5.91 Å². The molecule has 3 aromatic rings. The average Bonchev–Trinajstić information content (AvgIpc) is 3.13. The second-order valence-corrected chi connectivity index (χ2v) is 5.81. The molecule has 2 aromatic carbocycles. The highest BCUT2D eigenvalue weighted by Gasteiger charge is 2.09. The summed E-state index contributed by atoms with van der Waals surface area (Å²) >= 11 is 0. The highest BCUT2D eigenvalue weighted by molar-refractivity contribution is 5.92. The number of carbonyl (C=O) groups excluding carboxylic acids is 1. The van der Waals surface area contributed by atoms with E-state index in [1.54, 1.807) is 0 Å². The van der Waals surface area contributed by atoms with Gasteiger partial charge in [0.2, 0.25) is 18.2 Å². The summed E-state index contributed by atoms with van der Waals surface area (Å²) in [5, 5.41) is 13.8. The Morgan fingerprint density at radius 2 is 1.88 bits per heavy atom. The third-order valence-corrected chi connectivity index (χ3v) is 3.93. The van der Waals surface area contributed by atoms with Crippen molar-refractivity contribution in [2.75, 3.05) is 17.2 Å². The highest BCUT2D eigenvalue weighted by atomic mass is 16.4. The molecule has 0 atom stereocenters. The summed E-state index contributed by atoms with van der Waals surface area (Å²) in [5.74, 6) is 0.378. The summed E-state index contributed by atoms with van der Waals surface area (Å²) in [5.41, 5.74) is 4.70. The van der Waals surface area contributed by atoms with E-state index in [2.05, 4.69) is 20.8 Å². The first-order valence-electron chi connectivity index (χ1n) is 8.10. The van der Waals surface area contributed by atoms with E-state index < -0.39 is 0 Å². The number of carbonyl (C=O) groups is 1. The normalized spacial score (nSPS) is 10.5. The molecule has 2 N–H and O–H groups in total. The van der Waals surface area contributed by atoms with Gasteiger partial charge in [0, 0.05) is 29.9 Å². The Bertz CT molecular complexity index is 860. The van der Waals surface area contributed by atoms with Gasteiger partial charge in [-0.1, -0.05) is 24.3 Å². The maximum atomic E-state index is 12.2. The molecule has 1 heterocycles. The summed E-state index contributed by atoms with van der Waals surface area (Å²) in [7, 11) is 0. The first kappa shape index (κ1) is 16.7. The number of aromatic nitrogens is 2. The zero-order chi connectivity index (χ0) is 17.6. The van der Waals surface area contributed by atoms with Crippen molar-refractivity contribution in [2.45, 2.75) is 20.3 Å². The first-order chi connectivity index (χ1) is 12.1. The van der Waals surface area contributed by atoms with Gasteiger partial charge in [0.25, 0.3) is 0 Å². The van der Waals surface area contributed by atoms with Crippen molar-refractivity contribution in [2.24, 2.45) is 0 Å². The van der Waals surface area contributed by atoms with E-state index in [4.69, 9.17) is 4.42 Å². The van der Waals surface area contributed by atoms with Crippen LogP contribution in [0.15, 0.2) is 53.3 Å². The number of hydrogen-bond acceptors (Lipinski definition) is 5. The van der Waals surface area contributed by atoms with Gasteiger partial charge in [-0.25, -0.2) is 0 Å². The van der Waals surface area contributed by atoms with Gasteiger partial charge < -0.3 is 15.1 Å². The Kier molecular flexibility index (Phi) is 5.09. The molecule has 0 aliphatic heterocycles. The number of rotatable bonds is 6. The minimum absolute atomic E-state index is 0.0492. The molecule has 128 valence electrons. The second kappa shape index (κ2) is 7.61. The molecule has 1 aromatic heterocycles. The number of nitrogens with one attached hydrogen (secondary N) is 2. The Balaban J connectivity index is 1.59. The molecule has 0 unspecified atom stereocenters. The molecule has 6 heteroatoms. The predicted octanol–water partition coefficient (Wildman–Crippen LogP) is 3.79. The van der Waals surface area contributed by atoms with Crippen molar-refractivity contribution in [3.05, 3.63) is 60.0 Å². The fourth-order valence-electron chi connectivity index (χ4n) is 2.48. The van der Waals surface area contributed by atoms with Crippen LogP contribution in [0, 0.1) is 13.8 Å². The van der Waals surface area contributed by atoms with Crippen LogP contribution in [-0.2, 0) is 4.79 Å². The number of aryl methyl sites for hydroxylation is 2.